The van der Waals surface area contributed by atoms with E-state index in [0.29, 0.717) is 24.6 Å². The van der Waals surface area contributed by atoms with Gasteiger partial charge in [0.05, 0.1) is 18.9 Å². The Bertz CT molecular complexity index is 1070. The molecule has 1 aromatic heterocycles. The average Bonchev–Trinajstić information content (AvgIpc) is 3.37. The molecule has 0 saturated carbocycles. The minimum absolute atomic E-state index is 0.0333. The van der Waals surface area contributed by atoms with Crippen molar-refractivity contribution in [1.82, 2.24) is 10.2 Å². The number of ether oxygens (including phenoxy) is 1. The lowest BCUT2D eigenvalue weighted by Gasteiger charge is -2.16. The van der Waals surface area contributed by atoms with E-state index in [4.69, 9.17) is 9.15 Å². The molecule has 2 aromatic carbocycles. The zero-order valence-electron chi connectivity index (χ0n) is 16.9. The summed E-state index contributed by atoms with van der Waals surface area (Å²) in [5, 5.41) is 10.4. The number of carbonyl (C=O) groups is 2. The highest BCUT2D eigenvalue weighted by Gasteiger charge is 2.35. The lowest BCUT2D eigenvalue weighted by Crippen LogP contribution is -2.24. The molecule has 1 aliphatic rings. The third-order valence-corrected chi connectivity index (χ3v) is 4.90. The van der Waals surface area contributed by atoms with Gasteiger partial charge in [-0.05, 0) is 48.9 Å². The first-order chi connectivity index (χ1) is 15.0. The molecule has 0 spiro atoms. The van der Waals surface area contributed by atoms with Gasteiger partial charge in [-0.15, -0.1) is 5.10 Å². The molecule has 31 heavy (non-hydrogen) atoms. The van der Waals surface area contributed by atoms with E-state index in [1.54, 1.807) is 4.90 Å². The highest BCUT2D eigenvalue weighted by atomic mass is 19.1. The summed E-state index contributed by atoms with van der Waals surface area (Å²) in [6.45, 7) is 2.88. The molecule has 4 rings (SSSR count). The number of nitrogens with zero attached hydrogens (tertiary/aromatic N) is 3. The molecule has 2 heterocycles. The summed E-state index contributed by atoms with van der Waals surface area (Å²) in [6.07, 6.45) is 0.282. The third kappa shape index (κ3) is 4.88. The second kappa shape index (κ2) is 8.95. The van der Waals surface area contributed by atoms with Crippen LogP contribution in [-0.2, 0) is 16.0 Å². The van der Waals surface area contributed by atoms with Crippen LogP contribution in [0.5, 0.6) is 5.75 Å². The number of rotatable bonds is 7. The van der Waals surface area contributed by atoms with Crippen molar-refractivity contribution >= 4 is 23.5 Å². The van der Waals surface area contributed by atoms with Crippen molar-refractivity contribution in [2.24, 2.45) is 0 Å². The molecule has 3 aromatic rings. The zero-order chi connectivity index (χ0) is 21.8. The van der Waals surface area contributed by atoms with Crippen LogP contribution in [0.4, 0.5) is 16.1 Å². The number of carbonyl (C=O) groups excluding carboxylic acids is 2. The first-order valence-corrected chi connectivity index (χ1v) is 9.92. The van der Waals surface area contributed by atoms with Crippen LogP contribution in [0.2, 0.25) is 0 Å². The van der Waals surface area contributed by atoms with Crippen LogP contribution < -0.4 is 15.0 Å². The van der Waals surface area contributed by atoms with Crippen molar-refractivity contribution in [3.8, 4) is 5.75 Å². The molecule has 1 atom stereocenters. The molecule has 1 saturated heterocycles. The van der Waals surface area contributed by atoms with Gasteiger partial charge in [0, 0.05) is 18.7 Å². The van der Waals surface area contributed by atoms with E-state index >= 15 is 0 Å². The monoisotopic (exact) mass is 424 g/mol. The van der Waals surface area contributed by atoms with Crippen LogP contribution in [0.1, 0.15) is 30.7 Å². The molecule has 0 radical (unpaired) electrons. The minimum Gasteiger partial charge on any atom is -0.494 e. The first kappa shape index (κ1) is 20.5. The molecule has 1 N–H and O–H groups in total. The number of amides is 2. The number of benzene rings is 2. The molecule has 0 aliphatic carbocycles. The fourth-order valence-corrected chi connectivity index (χ4v) is 3.41. The second-order valence-corrected chi connectivity index (χ2v) is 7.13. The van der Waals surface area contributed by atoms with Gasteiger partial charge in [-0.25, -0.2) is 4.39 Å². The molecular weight excluding hydrogens is 403 g/mol. The van der Waals surface area contributed by atoms with Crippen molar-refractivity contribution < 1.29 is 23.1 Å². The van der Waals surface area contributed by atoms with Gasteiger partial charge in [-0.1, -0.05) is 17.2 Å². The molecule has 160 valence electrons. The van der Waals surface area contributed by atoms with Gasteiger partial charge in [0.25, 0.3) is 0 Å². The number of anilines is 2. The van der Waals surface area contributed by atoms with Gasteiger partial charge in [0.15, 0.2) is 0 Å². The summed E-state index contributed by atoms with van der Waals surface area (Å²) in [5.74, 6) is -0.00813. The SMILES string of the molecule is CCOc1ccc(N2C[C@H](c3nnc(NC(=O)Cc4ccc(F)cc4)o3)CC2=O)cc1. The molecular formula is C22H21FN4O4. The van der Waals surface area contributed by atoms with Crippen LogP contribution in [0, 0.1) is 5.82 Å². The van der Waals surface area contributed by atoms with Crippen LogP contribution in [0.3, 0.4) is 0 Å². The van der Waals surface area contributed by atoms with E-state index in [2.05, 4.69) is 15.5 Å². The summed E-state index contributed by atoms with van der Waals surface area (Å²) in [7, 11) is 0. The summed E-state index contributed by atoms with van der Waals surface area (Å²) in [4.78, 5) is 26.3. The Labute approximate surface area is 178 Å². The van der Waals surface area contributed by atoms with Gasteiger partial charge in [-0.2, -0.15) is 0 Å². The van der Waals surface area contributed by atoms with Gasteiger partial charge in [0.2, 0.25) is 17.7 Å². The minimum atomic E-state index is -0.365. The Hall–Kier alpha value is -3.75. The number of hydrogen-bond donors (Lipinski definition) is 1. The van der Waals surface area contributed by atoms with Crippen molar-refractivity contribution in [3.05, 3.63) is 65.8 Å². The van der Waals surface area contributed by atoms with Gasteiger partial charge < -0.3 is 14.1 Å². The van der Waals surface area contributed by atoms with Crippen molar-refractivity contribution in [2.75, 3.05) is 23.4 Å². The predicted octanol–water partition coefficient (Wildman–Crippen LogP) is 3.31. The number of hydrogen-bond acceptors (Lipinski definition) is 6. The van der Waals surface area contributed by atoms with Crippen molar-refractivity contribution in [2.45, 2.75) is 25.7 Å². The van der Waals surface area contributed by atoms with Gasteiger partial charge in [-0.3, -0.25) is 14.9 Å². The summed E-state index contributed by atoms with van der Waals surface area (Å²) in [6, 6.07) is 12.9. The molecule has 1 fully saturated rings. The van der Waals surface area contributed by atoms with E-state index in [1.165, 1.54) is 24.3 Å². The maximum absolute atomic E-state index is 13.0. The molecule has 8 nitrogen and oxygen atoms in total. The van der Waals surface area contributed by atoms with Crippen LogP contribution in [-0.4, -0.2) is 35.2 Å². The van der Waals surface area contributed by atoms with Crippen molar-refractivity contribution in [3.63, 3.8) is 0 Å². The highest BCUT2D eigenvalue weighted by molar-refractivity contribution is 5.96. The molecule has 0 bridgehead atoms. The fraction of sp³-hybridized carbons (Fsp3) is 0.273. The Morgan fingerprint density at radius 3 is 2.65 bits per heavy atom. The Balaban J connectivity index is 1.37. The lowest BCUT2D eigenvalue weighted by molar-refractivity contribution is -0.117. The Morgan fingerprint density at radius 2 is 1.94 bits per heavy atom. The van der Waals surface area contributed by atoms with Crippen molar-refractivity contribution in [1.29, 1.82) is 0 Å². The van der Waals surface area contributed by atoms with Crippen LogP contribution in [0.15, 0.2) is 52.9 Å². The predicted molar refractivity (Wildman–Crippen MR) is 110 cm³/mol. The molecule has 0 unspecified atom stereocenters. The number of nitrogens with one attached hydrogen (secondary N) is 1. The van der Waals surface area contributed by atoms with Crippen LogP contribution in [0.25, 0.3) is 0 Å². The van der Waals surface area contributed by atoms with E-state index in [0.717, 1.165) is 11.4 Å². The average molecular weight is 424 g/mol. The number of halogens is 1. The van der Waals surface area contributed by atoms with Gasteiger partial charge in [0.1, 0.15) is 11.6 Å². The number of aromatic nitrogens is 2. The summed E-state index contributed by atoms with van der Waals surface area (Å²) < 4.78 is 24.0. The topological polar surface area (TPSA) is 97.6 Å². The molecule has 1 aliphatic heterocycles. The maximum atomic E-state index is 13.0. The second-order valence-electron chi connectivity index (χ2n) is 7.13. The molecule has 2 amide bonds. The smallest absolute Gasteiger partial charge is 0.322 e. The largest absolute Gasteiger partial charge is 0.494 e. The van der Waals surface area contributed by atoms with E-state index in [-0.39, 0.29) is 42.4 Å². The van der Waals surface area contributed by atoms with Crippen LogP contribution >= 0.6 is 0 Å². The normalized spacial score (nSPS) is 15.9. The first-order valence-electron chi connectivity index (χ1n) is 9.92. The standard InChI is InChI=1S/C22H21FN4O4/c1-2-30-18-9-7-17(8-10-18)27-13-15(12-20(27)29)21-25-26-22(31-21)24-19(28)11-14-3-5-16(23)6-4-14/h3-10,15H,2,11-13H2,1H3,(H,24,26,28)/t15-/m1/s1. The highest BCUT2D eigenvalue weighted by Crippen LogP contribution is 2.32. The summed E-state index contributed by atoms with van der Waals surface area (Å²) in [5.41, 5.74) is 1.43. The molecule has 9 heteroatoms. The Morgan fingerprint density at radius 1 is 1.19 bits per heavy atom. The van der Waals surface area contributed by atoms with E-state index in [1.807, 2.05) is 31.2 Å². The zero-order valence-corrected chi connectivity index (χ0v) is 16.9. The maximum Gasteiger partial charge on any atom is 0.322 e. The lowest BCUT2D eigenvalue weighted by atomic mass is 10.1. The van der Waals surface area contributed by atoms with Gasteiger partial charge >= 0.3 is 6.01 Å². The quantitative estimate of drug-likeness (QED) is 0.625. The van der Waals surface area contributed by atoms with E-state index < -0.39 is 0 Å². The summed E-state index contributed by atoms with van der Waals surface area (Å²) >= 11 is 0. The Kier molecular flexibility index (Phi) is 5.92. The third-order valence-electron chi connectivity index (χ3n) is 4.90. The fourth-order valence-electron chi connectivity index (χ4n) is 3.41. The van der Waals surface area contributed by atoms with E-state index in [9.17, 15) is 14.0 Å².